The quantitative estimate of drug-likeness (QED) is 0.397. The molecule has 2 aromatic carbocycles. The molecule has 1 aliphatic heterocycles. The van der Waals surface area contributed by atoms with E-state index in [4.69, 9.17) is 15.9 Å². The number of carbonyl (C=O) groups excluding carboxylic acids is 2. The van der Waals surface area contributed by atoms with E-state index < -0.39 is 0 Å². The SMILES string of the molecule is COC(=O)CCc1ccc(N2CCN(c3ccc(C(=N)N)cc3OC)C2=O)cc1.Cl. The lowest BCUT2D eigenvalue weighted by molar-refractivity contribution is -0.140. The molecule has 8 nitrogen and oxygen atoms in total. The van der Waals surface area contributed by atoms with Crippen molar-refractivity contribution in [2.24, 2.45) is 5.73 Å². The van der Waals surface area contributed by atoms with E-state index in [2.05, 4.69) is 4.74 Å². The minimum absolute atomic E-state index is 0. The molecule has 1 saturated heterocycles. The summed E-state index contributed by atoms with van der Waals surface area (Å²) in [6.07, 6.45) is 0.912. The minimum Gasteiger partial charge on any atom is -0.495 e. The van der Waals surface area contributed by atoms with Crippen molar-refractivity contribution >= 4 is 41.6 Å². The number of nitrogen functional groups attached to an aromatic ring is 1. The van der Waals surface area contributed by atoms with Gasteiger partial charge in [0, 0.05) is 30.8 Å². The monoisotopic (exact) mass is 432 g/mol. The Balaban J connectivity index is 0.00000320. The maximum atomic E-state index is 13.0. The highest BCUT2D eigenvalue weighted by atomic mass is 35.5. The molecule has 3 N–H and O–H groups in total. The number of methoxy groups -OCH3 is 2. The van der Waals surface area contributed by atoms with E-state index in [-0.39, 0.29) is 30.2 Å². The Hall–Kier alpha value is -3.26. The largest absolute Gasteiger partial charge is 0.495 e. The van der Waals surface area contributed by atoms with Gasteiger partial charge in [0.2, 0.25) is 0 Å². The molecule has 160 valence electrons. The Morgan fingerprint density at radius 3 is 2.37 bits per heavy atom. The lowest BCUT2D eigenvalue weighted by Gasteiger charge is -2.21. The number of amides is 2. The van der Waals surface area contributed by atoms with Gasteiger partial charge in [-0.25, -0.2) is 4.79 Å². The molecule has 0 spiro atoms. The first-order valence-electron chi connectivity index (χ1n) is 9.22. The van der Waals surface area contributed by atoms with Gasteiger partial charge >= 0.3 is 12.0 Å². The molecule has 0 aliphatic carbocycles. The van der Waals surface area contributed by atoms with Crippen molar-refractivity contribution in [3.63, 3.8) is 0 Å². The van der Waals surface area contributed by atoms with Crippen LogP contribution in [0.1, 0.15) is 17.5 Å². The Labute approximate surface area is 181 Å². The van der Waals surface area contributed by atoms with E-state index in [1.165, 1.54) is 14.2 Å². The number of rotatable bonds is 7. The molecule has 0 saturated carbocycles. The third kappa shape index (κ3) is 4.83. The van der Waals surface area contributed by atoms with Crippen molar-refractivity contribution in [1.82, 2.24) is 0 Å². The van der Waals surface area contributed by atoms with E-state index in [1.54, 1.807) is 28.0 Å². The molecule has 2 amide bonds. The Morgan fingerprint density at radius 1 is 1.10 bits per heavy atom. The van der Waals surface area contributed by atoms with Gasteiger partial charge in [-0.2, -0.15) is 0 Å². The van der Waals surface area contributed by atoms with Crippen LogP contribution in [-0.2, 0) is 16.0 Å². The lowest BCUT2D eigenvalue weighted by atomic mass is 10.1. The smallest absolute Gasteiger partial charge is 0.329 e. The lowest BCUT2D eigenvalue weighted by Crippen LogP contribution is -2.32. The van der Waals surface area contributed by atoms with Gasteiger partial charge < -0.3 is 15.2 Å². The second-order valence-corrected chi connectivity index (χ2v) is 6.63. The van der Waals surface area contributed by atoms with E-state index in [1.807, 2.05) is 24.3 Å². The highest BCUT2D eigenvalue weighted by Crippen LogP contribution is 2.33. The molecule has 0 unspecified atom stereocenters. The molecule has 2 aromatic rings. The maximum absolute atomic E-state index is 13.0. The van der Waals surface area contributed by atoms with E-state index >= 15 is 0 Å². The molecule has 0 radical (unpaired) electrons. The van der Waals surface area contributed by atoms with Crippen molar-refractivity contribution in [1.29, 1.82) is 5.41 Å². The molecule has 1 aliphatic rings. The van der Waals surface area contributed by atoms with Crippen LogP contribution >= 0.6 is 12.4 Å². The second kappa shape index (κ2) is 9.98. The van der Waals surface area contributed by atoms with Gasteiger partial charge in [0.25, 0.3) is 0 Å². The van der Waals surface area contributed by atoms with Gasteiger partial charge in [-0.15, -0.1) is 12.4 Å². The van der Waals surface area contributed by atoms with Crippen LogP contribution in [0, 0.1) is 5.41 Å². The van der Waals surface area contributed by atoms with Crippen LogP contribution in [0.3, 0.4) is 0 Å². The van der Waals surface area contributed by atoms with Gasteiger partial charge in [0.1, 0.15) is 11.6 Å². The second-order valence-electron chi connectivity index (χ2n) is 6.63. The summed E-state index contributed by atoms with van der Waals surface area (Å²) in [4.78, 5) is 27.6. The zero-order valence-electron chi connectivity index (χ0n) is 16.9. The molecular formula is C21H25ClN4O4. The number of amidine groups is 1. The number of nitrogens with two attached hydrogens (primary N) is 1. The predicted octanol–water partition coefficient (Wildman–Crippen LogP) is 2.95. The number of nitrogens with zero attached hydrogens (tertiary/aromatic N) is 2. The van der Waals surface area contributed by atoms with E-state index in [9.17, 15) is 9.59 Å². The summed E-state index contributed by atoms with van der Waals surface area (Å²) in [7, 11) is 2.90. The average molecular weight is 433 g/mol. The van der Waals surface area contributed by atoms with Crippen LogP contribution in [0.2, 0.25) is 0 Å². The fourth-order valence-corrected chi connectivity index (χ4v) is 3.26. The minimum atomic E-state index is -0.246. The zero-order chi connectivity index (χ0) is 21.0. The summed E-state index contributed by atoms with van der Waals surface area (Å²) in [5, 5.41) is 7.56. The summed E-state index contributed by atoms with van der Waals surface area (Å²) < 4.78 is 10.1. The number of halogens is 1. The van der Waals surface area contributed by atoms with Gasteiger partial charge in [-0.05, 0) is 42.3 Å². The van der Waals surface area contributed by atoms with Crippen molar-refractivity contribution in [2.75, 3.05) is 37.1 Å². The molecule has 1 fully saturated rings. The summed E-state index contributed by atoms with van der Waals surface area (Å²) >= 11 is 0. The highest BCUT2D eigenvalue weighted by Gasteiger charge is 2.32. The number of esters is 1. The molecule has 0 atom stereocenters. The number of ether oxygens (including phenoxy) is 2. The number of aryl methyl sites for hydroxylation is 1. The number of nitrogens with one attached hydrogen (secondary N) is 1. The zero-order valence-corrected chi connectivity index (χ0v) is 17.7. The molecule has 1 heterocycles. The number of carbonyl (C=O) groups is 2. The number of urea groups is 1. The fourth-order valence-electron chi connectivity index (χ4n) is 3.26. The van der Waals surface area contributed by atoms with Gasteiger partial charge in [0.15, 0.2) is 0 Å². The molecular weight excluding hydrogens is 408 g/mol. The Kier molecular flexibility index (Phi) is 7.66. The topological polar surface area (TPSA) is 109 Å². The van der Waals surface area contributed by atoms with Crippen LogP contribution in [0.15, 0.2) is 42.5 Å². The van der Waals surface area contributed by atoms with Crippen LogP contribution in [0.4, 0.5) is 16.2 Å². The van der Waals surface area contributed by atoms with Gasteiger partial charge in [-0.3, -0.25) is 20.0 Å². The normalized spacial score (nSPS) is 13.1. The summed E-state index contributed by atoms with van der Waals surface area (Å²) in [6.45, 7) is 1.05. The predicted molar refractivity (Wildman–Crippen MR) is 118 cm³/mol. The summed E-state index contributed by atoms with van der Waals surface area (Å²) in [6, 6.07) is 12.5. The third-order valence-electron chi connectivity index (χ3n) is 4.88. The Morgan fingerprint density at radius 2 is 1.77 bits per heavy atom. The van der Waals surface area contributed by atoms with Crippen LogP contribution in [0.5, 0.6) is 5.75 Å². The molecule has 30 heavy (non-hydrogen) atoms. The van der Waals surface area contributed by atoms with Crippen LogP contribution < -0.4 is 20.3 Å². The molecule has 0 bridgehead atoms. The molecule has 0 aromatic heterocycles. The van der Waals surface area contributed by atoms with Gasteiger partial charge in [-0.1, -0.05) is 12.1 Å². The van der Waals surface area contributed by atoms with Crippen molar-refractivity contribution in [3.05, 3.63) is 53.6 Å². The maximum Gasteiger partial charge on any atom is 0.329 e. The third-order valence-corrected chi connectivity index (χ3v) is 4.88. The number of benzene rings is 2. The van der Waals surface area contributed by atoms with E-state index in [0.29, 0.717) is 42.9 Å². The first kappa shape index (κ1) is 23.0. The number of hydrogen-bond donors (Lipinski definition) is 2. The van der Waals surface area contributed by atoms with Crippen molar-refractivity contribution in [2.45, 2.75) is 12.8 Å². The summed E-state index contributed by atoms with van der Waals surface area (Å²) in [5.41, 5.74) is 8.51. The van der Waals surface area contributed by atoms with E-state index in [0.717, 1.165) is 11.3 Å². The number of hydrogen-bond acceptors (Lipinski definition) is 5. The van der Waals surface area contributed by atoms with Crippen LogP contribution in [0.25, 0.3) is 0 Å². The molecule has 9 heteroatoms. The first-order chi connectivity index (χ1) is 13.9. The fraction of sp³-hybridized carbons (Fsp3) is 0.286. The number of anilines is 2. The van der Waals surface area contributed by atoms with Crippen LogP contribution in [-0.4, -0.2) is 45.1 Å². The first-order valence-corrected chi connectivity index (χ1v) is 9.22. The summed E-state index contributed by atoms with van der Waals surface area (Å²) in [5.74, 6) is 0.187. The van der Waals surface area contributed by atoms with Gasteiger partial charge in [0.05, 0.1) is 19.9 Å². The van der Waals surface area contributed by atoms with Crippen molar-refractivity contribution in [3.8, 4) is 5.75 Å². The average Bonchev–Trinajstić information content (AvgIpc) is 3.12. The Bertz CT molecular complexity index is 933. The highest BCUT2D eigenvalue weighted by molar-refractivity contribution is 6.07. The molecule has 3 rings (SSSR count). The van der Waals surface area contributed by atoms with Crippen molar-refractivity contribution < 1.29 is 19.1 Å². The standard InChI is InChI=1S/C21H24N4O4.ClH/c1-28-18-13-15(20(22)23)6-9-17(18)25-12-11-24(21(25)27)16-7-3-14(4-8-16)5-10-19(26)29-2;/h3-4,6-9,13H,5,10-12H2,1-2H3,(H3,22,23);1H.